The van der Waals surface area contributed by atoms with Gasteiger partial charge in [0.05, 0.1) is 6.42 Å². The summed E-state index contributed by atoms with van der Waals surface area (Å²) in [5.41, 5.74) is 0.105. The van der Waals surface area contributed by atoms with Crippen molar-refractivity contribution in [3.63, 3.8) is 0 Å². The molecule has 1 saturated carbocycles. The number of carboxylic acids is 1. The molecular formula is C11H15NO4S2. The highest BCUT2D eigenvalue weighted by Crippen LogP contribution is 2.44. The van der Waals surface area contributed by atoms with Crippen LogP contribution in [0, 0.1) is 5.41 Å². The summed E-state index contributed by atoms with van der Waals surface area (Å²) < 4.78 is 26.7. The molecule has 1 fully saturated rings. The van der Waals surface area contributed by atoms with Gasteiger partial charge in [-0.3, -0.25) is 4.79 Å². The number of carbonyl (C=O) groups is 1. The Hall–Kier alpha value is -0.920. The van der Waals surface area contributed by atoms with E-state index in [0.717, 1.165) is 24.2 Å². The van der Waals surface area contributed by atoms with Gasteiger partial charge in [-0.05, 0) is 30.4 Å². The summed E-state index contributed by atoms with van der Waals surface area (Å²) in [6.07, 6.45) is 1.95. The summed E-state index contributed by atoms with van der Waals surface area (Å²) in [4.78, 5) is 11.1. The van der Waals surface area contributed by atoms with E-state index in [1.165, 1.54) is 6.07 Å². The van der Waals surface area contributed by atoms with E-state index in [4.69, 9.17) is 5.11 Å². The molecule has 0 unspecified atom stereocenters. The smallest absolute Gasteiger partial charge is 0.308 e. The number of hydrogen-bond donors (Lipinski definition) is 2. The Morgan fingerprint density at radius 2 is 2.17 bits per heavy atom. The summed E-state index contributed by atoms with van der Waals surface area (Å²) >= 11 is 1.01. The Morgan fingerprint density at radius 1 is 1.50 bits per heavy atom. The van der Waals surface area contributed by atoms with Crippen molar-refractivity contribution in [2.75, 3.05) is 6.54 Å². The topological polar surface area (TPSA) is 83.5 Å². The number of sulfonamides is 1. The maximum absolute atomic E-state index is 12.0. The van der Waals surface area contributed by atoms with E-state index < -0.39 is 16.0 Å². The number of nitrogens with one attached hydrogen (secondary N) is 1. The number of thiophene rings is 1. The summed E-state index contributed by atoms with van der Waals surface area (Å²) in [5.74, 6) is -0.959. The molecule has 0 aromatic carbocycles. The van der Waals surface area contributed by atoms with Crippen LogP contribution in [0.1, 0.15) is 24.6 Å². The van der Waals surface area contributed by atoms with Gasteiger partial charge in [0.25, 0.3) is 0 Å². The van der Waals surface area contributed by atoms with Gasteiger partial charge in [-0.1, -0.05) is 6.92 Å². The van der Waals surface area contributed by atoms with Crippen molar-refractivity contribution in [1.29, 1.82) is 0 Å². The standard InChI is InChI=1S/C11H15NO4S2/c1-11(4-5-11)7-12-18(15,16)10-3-2-8(17-10)6-9(13)14/h2-3,12H,4-7H2,1H3,(H,13,14). The van der Waals surface area contributed by atoms with Crippen molar-refractivity contribution in [3.8, 4) is 0 Å². The third-order valence-corrected chi connectivity index (χ3v) is 6.00. The van der Waals surface area contributed by atoms with Crippen molar-refractivity contribution in [2.24, 2.45) is 5.41 Å². The van der Waals surface area contributed by atoms with Crippen LogP contribution in [-0.4, -0.2) is 26.0 Å². The average molecular weight is 289 g/mol. The van der Waals surface area contributed by atoms with Crippen molar-refractivity contribution in [1.82, 2.24) is 4.72 Å². The molecule has 1 aromatic heterocycles. The highest BCUT2D eigenvalue weighted by atomic mass is 32.2. The zero-order chi connectivity index (χ0) is 13.4. The third kappa shape index (κ3) is 3.30. The van der Waals surface area contributed by atoms with Crippen molar-refractivity contribution in [3.05, 3.63) is 17.0 Å². The van der Waals surface area contributed by atoms with Crippen LogP contribution in [0.5, 0.6) is 0 Å². The van der Waals surface area contributed by atoms with E-state index in [1.807, 2.05) is 6.92 Å². The van der Waals surface area contributed by atoms with Gasteiger partial charge >= 0.3 is 5.97 Å². The summed E-state index contributed by atoms with van der Waals surface area (Å²) in [6.45, 7) is 2.49. The monoisotopic (exact) mass is 289 g/mol. The van der Waals surface area contributed by atoms with Crippen molar-refractivity contribution < 1.29 is 18.3 Å². The van der Waals surface area contributed by atoms with Crippen LogP contribution in [0.2, 0.25) is 0 Å². The largest absolute Gasteiger partial charge is 0.481 e. The fourth-order valence-electron chi connectivity index (χ4n) is 1.48. The molecule has 7 heteroatoms. The van der Waals surface area contributed by atoms with Crippen LogP contribution in [0.15, 0.2) is 16.3 Å². The quantitative estimate of drug-likeness (QED) is 0.830. The molecule has 1 heterocycles. The summed E-state index contributed by atoms with van der Waals surface area (Å²) in [7, 11) is -3.49. The zero-order valence-electron chi connectivity index (χ0n) is 9.97. The Labute approximate surface area is 110 Å². The second-order valence-electron chi connectivity index (χ2n) is 4.93. The van der Waals surface area contributed by atoms with Crippen molar-refractivity contribution >= 4 is 27.3 Å². The van der Waals surface area contributed by atoms with Gasteiger partial charge in [0, 0.05) is 11.4 Å². The van der Waals surface area contributed by atoms with E-state index in [2.05, 4.69) is 4.72 Å². The molecule has 100 valence electrons. The number of rotatable bonds is 6. The Morgan fingerprint density at radius 3 is 2.72 bits per heavy atom. The first-order chi connectivity index (χ1) is 8.31. The van der Waals surface area contributed by atoms with Gasteiger partial charge in [-0.15, -0.1) is 11.3 Å². The Balaban J connectivity index is 2.04. The van der Waals surface area contributed by atoms with E-state index in [9.17, 15) is 13.2 Å². The number of carboxylic acid groups (broad SMARTS) is 1. The van der Waals surface area contributed by atoms with Crippen LogP contribution >= 0.6 is 11.3 Å². The molecule has 0 radical (unpaired) electrons. The summed E-state index contributed by atoms with van der Waals surface area (Å²) in [5, 5.41) is 8.64. The Kier molecular flexibility index (Phi) is 3.48. The minimum Gasteiger partial charge on any atom is -0.481 e. The first-order valence-electron chi connectivity index (χ1n) is 5.61. The van der Waals surface area contributed by atoms with E-state index in [0.29, 0.717) is 11.4 Å². The molecule has 2 rings (SSSR count). The fourth-order valence-corrected chi connectivity index (χ4v) is 4.07. The van der Waals surface area contributed by atoms with Crippen molar-refractivity contribution in [2.45, 2.75) is 30.4 Å². The highest BCUT2D eigenvalue weighted by molar-refractivity contribution is 7.91. The minimum absolute atomic E-state index is 0.105. The second-order valence-corrected chi connectivity index (χ2v) is 8.09. The van der Waals surface area contributed by atoms with Crippen LogP contribution in [0.25, 0.3) is 0 Å². The molecule has 0 amide bonds. The first-order valence-corrected chi connectivity index (χ1v) is 7.91. The SMILES string of the molecule is CC1(CNS(=O)(=O)c2ccc(CC(=O)O)s2)CC1. The van der Waals surface area contributed by atoms with E-state index in [1.54, 1.807) is 6.07 Å². The molecule has 1 aliphatic rings. The lowest BCUT2D eigenvalue weighted by atomic mass is 10.2. The molecule has 0 bridgehead atoms. The second kappa shape index (κ2) is 4.64. The lowest BCUT2D eigenvalue weighted by Crippen LogP contribution is -2.28. The zero-order valence-corrected chi connectivity index (χ0v) is 11.6. The van der Waals surface area contributed by atoms with Gasteiger partial charge in [0.1, 0.15) is 4.21 Å². The summed E-state index contributed by atoms with van der Waals surface area (Å²) in [6, 6.07) is 3.01. The molecule has 0 atom stereocenters. The Bertz CT molecular complexity index is 557. The van der Waals surface area contributed by atoms with Gasteiger partial charge < -0.3 is 5.11 Å². The molecule has 1 aromatic rings. The molecular weight excluding hydrogens is 274 g/mol. The first kappa shape index (κ1) is 13.5. The van der Waals surface area contributed by atoms with Gasteiger partial charge in [-0.2, -0.15) is 0 Å². The van der Waals surface area contributed by atoms with Crippen LogP contribution in [0.4, 0.5) is 0 Å². The molecule has 5 nitrogen and oxygen atoms in total. The van der Waals surface area contributed by atoms with Crippen LogP contribution in [-0.2, 0) is 21.2 Å². The number of aliphatic carboxylic acids is 1. The minimum atomic E-state index is -3.49. The molecule has 0 saturated heterocycles. The molecule has 2 N–H and O–H groups in total. The number of hydrogen-bond acceptors (Lipinski definition) is 4. The van der Waals surface area contributed by atoms with E-state index >= 15 is 0 Å². The average Bonchev–Trinajstić information content (AvgIpc) is 2.81. The molecule has 18 heavy (non-hydrogen) atoms. The maximum Gasteiger partial charge on any atom is 0.308 e. The molecule has 0 spiro atoms. The predicted octanol–water partition coefficient (Wildman–Crippen LogP) is 1.45. The third-order valence-electron chi connectivity index (χ3n) is 3.02. The normalized spacial score (nSPS) is 17.6. The van der Waals surface area contributed by atoms with Crippen LogP contribution in [0.3, 0.4) is 0 Å². The fraction of sp³-hybridized carbons (Fsp3) is 0.545. The van der Waals surface area contributed by atoms with E-state index in [-0.39, 0.29) is 16.0 Å². The molecule has 0 aliphatic heterocycles. The maximum atomic E-state index is 12.0. The highest BCUT2D eigenvalue weighted by Gasteiger charge is 2.38. The van der Waals surface area contributed by atoms with Crippen LogP contribution < -0.4 is 4.72 Å². The predicted molar refractivity (Wildman–Crippen MR) is 68.2 cm³/mol. The van der Waals surface area contributed by atoms with Gasteiger partial charge in [-0.25, -0.2) is 13.1 Å². The van der Waals surface area contributed by atoms with Gasteiger partial charge in [0.2, 0.25) is 10.0 Å². The lowest BCUT2D eigenvalue weighted by molar-refractivity contribution is -0.136. The van der Waals surface area contributed by atoms with Gasteiger partial charge in [0.15, 0.2) is 0 Å². The molecule has 1 aliphatic carbocycles. The lowest BCUT2D eigenvalue weighted by Gasteiger charge is -2.09.